The molecule has 0 aromatic carbocycles. The van der Waals surface area contributed by atoms with Gasteiger partial charge < -0.3 is 5.21 Å². The molecule has 0 aliphatic rings. The second-order valence-electron chi connectivity index (χ2n) is 1.49. The summed E-state index contributed by atoms with van der Waals surface area (Å²) in [4.78, 5) is 3.65. The Hall–Kier alpha value is -1.39. The summed E-state index contributed by atoms with van der Waals surface area (Å²) in [5.74, 6) is 0.396. The molecule has 1 aromatic rings. The Kier molecular flexibility index (Phi) is 1.44. The Morgan fingerprint density at radius 2 is 2.56 bits per heavy atom. The molecule has 0 aliphatic carbocycles. The molecule has 0 fully saturated rings. The molecule has 0 saturated heterocycles. The first-order chi connectivity index (χ1) is 4.34. The highest BCUT2D eigenvalue weighted by molar-refractivity contribution is 5.79. The summed E-state index contributed by atoms with van der Waals surface area (Å²) < 4.78 is 1.36. The van der Waals surface area contributed by atoms with Gasteiger partial charge in [-0.05, 0) is 6.92 Å². The van der Waals surface area contributed by atoms with Crippen molar-refractivity contribution in [3.05, 3.63) is 12.7 Å². The molecule has 0 bridgehead atoms. The van der Waals surface area contributed by atoms with Crippen LogP contribution in [0.2, 0.25) is 0 Å². The van der Waals surface area contributed by atoms with Crippen molar-refractivity contribution in [3.8, 4) is 0 Å². The van der Waals surface area contributed by atoms with Crippen LogP contribution in [0.15, 0.2) is 17.8 Å². The summed E-state index contributed by atoms with van der Waals surface area (Å²) in [6, 6.07) is 0. The lowest BCUT2D eigenvalue weighted by molar-refractivity contribution is 0.316. The smallest absolute Gasteiger partial charge is 0.167 e. The van der Waals surface area contributed by atoms with Gasteiger partial charge in [-0.15, -0.1) is 0 Å². The van der Waals surface area contributed by atoms with Gasteiger partial charge in [-0.2, -0.15) is 5.10 Å². The molecular formula is C4H6N4O. The first kappa shape index (κ1) is 5.74. The highest BCUT2D eigenvalue weighted by Crippen LogP contribution is 1.79. The van der Waals surface area contributed by atoms with Crippen molar-refractivity contribution >= 4 is 5.84 Å². The van der Waals surface area contributed by atoms with Crippen molar-refractivity contribution in [2.45, 2.75) is 6.92 Å². The van der Waals surface area contributed by atoms with E-state index in [1.54, 1.807) is 6.92 Å². The Morgan fingerprint density at radius 1 is 1.78 bits per heavy atom. The molecule has 48 valence electrons. The Labute approximate surface area is 51.6 Å². The van der Waals surface area contributed by atoms with Crippen LogP contribution in [-0.2, 0) is 0 Å². The van der Waals surface area contributed by atoms with Gasteiger partial charge in [0.1, 0.15) is 12.7 Å². The van der Waals surface area contributed by atoms with Crippen LogP contribution in [0.3, 0.4) is 0 Å². The molecule has 1 aromatic heterocycles. The minimum atomic E-state index is 0.396. The van der Waals surface area contributed by atoms with Crippen molar-refractivity contribution in [2.75, 3.05) is 0 Å². The van der Waals surface area contributed by atoms with Crippen molar-refractivity contribution in [3.63, 3.8) is 0 Å². The zero-order valence-electron chi connectivity index (χ0n) is 4.89. The van der Waals surface area contributed by atoms with Gasteiger partial charge in [-0.25, -0.2) is 9.67 Å². The first-order valence-electron chi connectivity index (χ1n) is 2.38. The zero-order chi connectivity index (χ0) is 6.69. The second-order valence-corrected chi connectivity index (χ2v) is 1.49. The Balaban J connectivity index is 2.90. The summed E-state index contributed by atoms with van der Waals surface area (Å²) in [6.45, 7) is 1.62. The zero-order valence-corrected chi connectivity index (χ0v) is 4.89. The van der Waals surface area contributed by atoms with Gasteiger partial charge in [0.15, 0.2) is 5.84 Å². The molecule has 0 spiro atoms. The number of aromatic nitrogens is 3. The first-order valence-corrected chi connectivity index (χ1v) is 2.38. The van der Waals surface area contributed by atoms with Crippen LogP contribution in [-0.4, -0.2) is 25.8 Å². The lowest BCUT2D eigenvalue weighted by Crippen LogP contribution is -2.06. The highest BCUT2D eigenvalue weighted by Gasteiger charge is 1.92. The number of hydrogen-bond donors (Lipinski definition) is 1. The van der Waals surface area contributed by atoms with Crippen molar-refractivity contribution in [1.82, 2.24) is 14.8 Å². The number of oxime groups is 1. The lowest BCUT2D eigenvalue weighted by Gasteiger charge is -1.91. The minimum Gasteiger partial charge on any atom is -0.409 e. The molecule has 5 nitrogen and oxygen atoms in total. The van der Waals surface area contributed by atoms with E-state index in [1.165, 1.54) is 17.3 Å². The molecule has 0 aliphatic heterocycles. The monoisotopic (exact) mass is 126 g/mol. The van der Waals surface area contributed by atoms with Gasteiger partial charge >= 0.3 is 0 Å². The molecular weight excluding hydrogens is 120 g/mol. The van der Waals surface area contributed by atoms with Crippen LogP contribution in [0.25, 0.3) is 0 Å². The SMILES string of the molecule is C/C(=N/O)n1cncn1. The van der Waals surface area contributed by atoms with Gasteiger partial charge in [0.05, 0.1) is 0 Å². The molecule has 1 N–H and O–H groups in total. The average molecular weight is 126 g/mol. The van der Waals surface area contributed by atoms with Crippen LogP contribution in [0.4, 0.5) is 0 Å². The molecule has 1 rings (SSSR count). The van der Waals surface area contributed by atoms with E-state index in [9.17, 15) is 0 Å². The maximum absolute atomic E-state index is 8.21. The molecule has 0 atom stereocenters. The largest absolute Gasteiger partial charge is 0.409 e. The van der Waals surface area contributed by atoms with E-state index in [-0.39, 0.29) is 0 Å². The van der Waals surface area contributed by atoms with Crippen LogP contribution in [0.1, 0.15) is 6.92 Å². The van der Waals surface area contributed by atoms with Crippen molar-refractivity contribution < 1.29 is 5.21 Å². The van der Waals surface area contributed by atoms with Gasteiger partial charge in [0.25, 0.3) is 0 Å². The fourth-order valence-corrected chi connectivity index (χ4v) is 0.421. The third kappa shape index (κ3) is 1.04. The Bertz CT molecular complexity index is 202. The maximum Gasteiger partial charge on any atom is 0.167 e. The standard InChI is InChI=1S/C4H6N4O/c1-4(7-9)8-3-5-2-6-8/h2-3,9H,1H3/b7-4-. The van der Waals surface area contributed by atoms with Crippen LogP contribution >= 0.6 is 0 Å². The van der Waals surface area contributed by atoms with Crippen LogP contribution in [0.5, 0.6) is 0 Å². The number of rotatable bonds is 0. The summed E-state index contributed by atoms with van der Waals surface area (Å²) >= 11 is 0. The van der Waals surface area contributed by atoms with E-state index >= 15 is 0 Å². The maximum atomic E-state index is 8.21. The van der Waals surface area contributed by atoms with E-state index < -0.39 is 0 Å². The molecule has 5 heteroatoms. The van der Waals surface area contributed by atoms with E-state index in [4.69, 9.17) is 5.21 Å². The molecule has 0 radical (unpaired) electrons. The third-order valence-electron chi connectivity index (χ3n) is 0.895. The number of hydrogen-bond acceptors (Lipinski definition) is 4. The Morgan fingerprint density at radius 3 is 3.00 bits per heavy atom. The van der Waals surface area contributed by atoms with Crippen LogP contribution in [0, 0.1) is 0 Å². The average Bonchev–Trinajstić information content (AvgIpc) is 2.37. The number of nitrogens with zero attached hydrogens (tertiary/aromatic N) is 4. The predicted octanol–water partition coefficient (Wildman–Crippen LogP) is -0.0662. The predicted molar refractivity (Wildman–Crippen MR) is 30.3 cm³/mol. The van der Waals surface area contributed by atoms with Crippen LogP contribution < -0.4 is 0 Å². The quantitative estimate of drug-likeness (QED) is 0.229. The van der Waals surface area contributed by atoms with Gasteiger partial charge in [0, 0.05) is 0 Å². The fraction of sp³-hybridized carbons (Fsp3) is 0.250. The highest BCUT2D eigenvalue weighted by atomic mass is 16.4. The topological polar surface area (TPSA) is 63.3 Å². The second kappa shape index (κ2) is 2.25. The van der Waals surface area contributed by atoms with Crippen molar-refractivity contribution in [2.24, 2.45) is 5.16 Å². The molecule has 1 heterocycles. The summed E-state index contributed by atoms with van der Waals surface area (Å²) in [7, 11) is 0. The van der Waals surface area contributed by atoms with Gasteiger partial charge in [0.2, 0.25) is 0 Å². The van der Waals surface area contributed by atoms with Gasteiger partial charge in [-0.3, -0.25) is 0 Å². The summed E-state index contributed by atoms with van der Waals surface area (Å²) in [5, 5.41) is 14.8. The fourth-order valence-electron chi connectivity index (χ4n) is 0.421. The van der Waals surface area contributed by atoms with E-state index in [0.717, 1.165) is 0 Å². The minimum absolute atomic E-state index is 0.396. The summed E-state index contributed by atoms with van der Waals surface area (Å²) in [5.41, 5.74) is 0. The van der Waals surface area contributed by atoms with E-state index in [1.807, 2.05) is 0 Å². The van der Waals surface area contributed by atoms with Gasteiger partial charge in [-0.1, -0.05) is 5.16 Å². The molecule has 9 heavy (non-hydrogen) atoms. The molecule has 0 unspecified atom stereocenters. The van der Waals surface area contributed by atoms with E-state index in [2.05, 4.69) is 15.2 Å². The van der Waals surface area contributed by atoms with E-state index in [0.29, 0.717) is 5.84 Å². The molecule has 0 amide bonds. The third-order valence-corrected chi connectivity index (χ3v) is 0.895. The normalized spacial score (nSPS) is 11.9. The lowest BCUT2D eigenvalue weighted by atomic mass is 10.7. The van der Waals surface area contributed by atoms with Crippen molar-refractivity contribution in [1.29, 1.82) is 0 Å². The molecule has 0 saturated carbocycles. The summed E-state index contributed by atoms with van der Waals surface area (Å²) in [6.07, 6.45) is 2.82.